The maximum Gasteiger partial charge on any atom is 0.144 e. The molecule has 0 spiro atoms. The maximum atomic E-state index is 5.38. The van der Waals surface area contributed by atoms with E-state index in [0.717, 1.165) is 29.1 Å². The zero-order chi connectivity index (χ0) is 11.5. The van der Waals surface area contributed by atoms with Crippen molar-refractivity contribution in [3.8, 4) is 11.5 Å². The lowest BCUT2D eigenvalue weighted by molar-refractivity contribution is 0.399. The van der Waals surface area contributed by atoms with Gasteiger partial charge in [-0.05, 0) is 30.4 Å². The molecule has 0 atom stereocenters. The highest BCUT2D eigenvalue weighted by molar-refractivity contribution is 6.34. The molecule has 3 nitrogen and oxygen atoms in total. The Morgan fingerprint density at radius 2 is 1.94 bits per heavy atom. The number of benzene rings is 1. The van der Waals surface area contributed by atoms with Crippen LogP contribution in [0.15, 0.2) is 12.1 Å². The van der Waals surface area contributed by atoms with Crippen LogP contribution in [-0.2, 0) is 6.54 Å². The van der Waals surface area contributed by atoms with Crippen molar-refractivity contribution in [2.45, 2.75) is 25.4 Å². The Balaban J connectivity index is 2.17. The molecule has 1 fully saturated rings. The Kier molecular flexibility index (Phi) is 3.39. The van der Waals surface area contributed by atoms with Crippen LogP contribution < -0.4 is 20.3 Å². The van der Waals surface area contributed by atoms with Gasteiger partial charge in [0.1, 0.15) is 19.3 Å². The predicted octanol–water partition coefficient (Wildman–Crippen LogP) is 0.214. The van der Waals surface area contributed by atoms with Crippen molar-refractivity contribution in [2.24, 2.45) is 0 Å². The lowest BCUT2D eigenvalue weighted by atomic mass is 9.93. The maximum absolute atomic E-state index is 5.38. The van der Waals surface area contributed by atoms with Crippen LogP contribution in [0.5, 0.6) is 11.5 Å². The van der Waals surface area contributed by atoms with Gasteiger partial charge in [0.05, 0.1) is 14.2 Å². The van der Waals surface area contributed by atoms with Crippen LogP contribution in [0.3, 0.4) is 0 Å². The monoisotopic (exact) mass is 219 g/mol. The van der Waals surface area contributed by atoms with Gasteiger partial charge in [0.15, 0.2) is 0 Å². The van der Waals surface area contributed by atoms with E-state index in [1.807, 2.05) is 13.9 Å². The zero-order valence-electron chi connectivity index (χ0n) is 10.2. The van der Waals surface area contributed by atoms with Gasteiger partial charge in [-0.1, -0.05) is 0 Å². The number of methoxy groups -OCH3 is 2. The first kappa shape index (κ1) is 11.3. The number of ether oxygens (including phenoxy) is 2. The van der Waals surface area contributed by atoms with E-state index in [0.29, 0.717) is 6.04 Å². The number of nitrogens with one attached hydrogen (secondary N) is 1. The Morgan fingerprint density at radius 1 is 1.25 bits per heavy atom. The number of hydrogen-bond acceptors (Lipinski definition) is 3. The zero-order valence-corrected chi connectivity index (χ0v) is 10.2. The fourth-order valence-electron chi connectivity index (χ4n) is 1.79. The van der Waals surface area contributed by atoms with Crippen LogP contribution in [0.25, 0.3) is 0 Å². The quantitative estimate of drug-likeness (QED) is 0.718. The van der Waals surface area contributed by atoms with Gasteiger partial charge in [0.2, 0.25) is 0 Å². The fourth-order valence-corrected chi connectivity index (χ4v) is 1.79. The lowest BCUT2D eigenvalue weighted by Gasteiger charge is -2.13. The molecule has 1 aliphatic rings. The molecule has 1 aromatic carbocycles. The molecule has 2 rings (SSSR count). The molecule has 0 amide bonds. The second-order valence-electron chi connectivity index (χ2n) is 4.29. The number of hydrogen-bond donors (Lipinski definition) is 1. The van der Waals surface area contributed by atoms with E-state index < -0.39 is 0 Å². The van der Waals surface area contributed by atoms with Gasteiger partial charge in [0, 0.05) is 18.2 Å². The third-order valence-corrected chi connectivity index (χ3v) is 2.96. The summed E-state index contributed by atoms with van der Waals surface area (Å²) in [6.07, 6.45) is 2.59. The molecule has 1 aliphatic carbocycles. The summed E-state index contributed by atoms with van der Waals surface area (Å²) in [6.45, 7) is 0.852. The third-order valence-electron chi connectivity index (χ3n) is 2.96. The predicted molar refractivity (Wildman–Crippen MR) is 67.6 cm³/mol. The minimum Gasteiger partial charge on any atom is -0.497 e. The van der Waals surface area contributed by atoms with Crippen LogP contribution >= 0.6 is 0 Å². The van der Waals surface area contributed by atoms with Gasteiger partial charge in [0.25, 0.3) is 0 Å². The SMILES string of the molecule is Bc1cc(OC)c(CNC2CC2)cc1OC. The van der Waals surface area contributed by atoms with Gasteiger partial charge < -0.3 is 14.8 Å². The van der Waals surface area contributed by atoms with Crippen molar-refractivity contribution in [2.75, 3.05) is 14.2 Å². The lowest BCUT2D eigenvalue weighted by Crippen LogP contribution is -2.17. The molecule has 0 aliphatic heterocycles. The first-order chi connectivity index (χ1) is 7.74. The highest BCUT2D eigenvalue weighted by Gasteiger charge is 2.20. The molecule has 0 bridgehead atoms. The minimum atomic E-state index is 0.706. The molecule has 16 heavy (non-hydrogen) atoms. The summed E-state index contributed by atoms with van der Waals surface area (Å²) in [6, 6.07) is 4.80. The summed E-state index contributed by atoms with van der Waals surface area (Å²) in [5.41, 5.74) is 2.27. The summed E-state index contributed by atoms with van der Waals surface area (Å²) in [5.74, 6) is 1.86. The molecule has 1 saturated carbocycles. The van der Waals surface area contributed by atoms with E-state index in [9.17, 15) is 0 Å². The van der Waals surface area contributed by atoms with Crippen LogP contribution in [-0.4, -0.2) is 28.1 Å². The summed E-state index contributed by atoms with van der Waals surface area (Å²) in [4.78, 5) is 0. The van der Waals surface area contributed by atoms with Crippen molar-refractivity contribution in [3.63, 3.8) is 0 Å². The van der Waals surface area contributed by atoms with Crippen LogP contribution in [0.2, 0.25) is 0 Å². The van der Waals surface area contributed by atoms with Crippen molar-refractivity contribution in [3.05, 3.63) is 17.7 Å². The highest BCUT2D eigenvalue weighted by atomic mass is 16.5. The summed E-state index contributed by atoms with van der Waals surface area (Å²) < 4.78 is 10.7. The smallest absolute Gasteiger partial charge is 0.144 e. The Bertz CT molecular complexity index is 378. The normalized spacial score (nSPS) is 14.9. The van der Waals surface area contributed by atoms with Crippen molar-refractivity contribution < 1.29 is 9.47 Å². The molecule has 0 aromatic heterocycles. The summed E-state index contributed by atoms with van der Waals surface area (Å²) >= 11 is 0. The molecule has 1 N–H and O–H groups in total. The Hall–Kier alpha value is -1.16. The summed E-state index contributed by atoms with van der Waals surface area (Å²) in [7, 11) is 5.44. The van der Waals surface area contributed by atoms with Crippen LogP contribution in [0.1, 0.15) is 18.4 Å². The van der Waals surface area contributed by atoms with E-state index in [4.69, 9.17) is 9.47 Å². The first-order valence-electron chi connectivity index (χ1n) is 5.69. The molecular weight excluding hydrogens is 201 g/mol. The topological polar surface area (TPSA) is 30.5 Å². The Morgan fingerprint density at radius 3 is 2.50 bits per heavy atom. The first-order valence-corrected chi connectivity index (χ1v) is 5.69. The second-order valence-corrected chi connectivity index (χ2v) is 4.29. The molecule has 0 unspecified atom stereocenters. The minimum absolute atomic E-state index is 0.706. The molecule has 86 valence electrons. The fraction of sp³-hybridized carbons (Fsp3) is 0.500. The van der Waals surface area contributed by atoms with Crippen LogP contribution in [0.4, 0.5) is 0 Å². The molecular formula is C12H18BNO2. The second kappa shape index (κ2) is 4.79. The van der Waals surface area contributed by atoms with Gasteiger partial charge in [-0.2, -0.15) is 0 Å². The van der Waals surface area contributed by atoms with E-state index in [2.05, 4.69) is 11.4 Å². The average molecular weight is 219 g/mol. The average Bonchev–Trinajstić information content (AvgIpc) is 3.10. The molecule has 0 saturated heterocycles. The summed E-state index contributed by atoms with van der Waals surface area (Å²) in [5, 5.41) is 3.48. The van der Waals surface area contributed by atoms with Crippen LogP contribution in [0, 0.1) is 0 Å². The van der Waals surface area contributed by atoms with Gasteiger partial charge in [-0.3, -0.25) is 0 Å². The van der Waals surface area contributed by atoms with E-state index in [1.165, 1.54) is 12.8 Å². The molecule has 0 heterocycles. The van der Waals surface area contributed by atoms with E-state index in [1.54, 1.807) is 14.2 Å². The third kappa shape index (κ3) is 2.50. The van der Waals surface area contributed by atoms with Gasteiger partial charge in [-0.25, -0.2) is 0 Å². The van der Waals surface area contributed by atoms with Crippen molar-refractivity contribution >= 4 is 13.3 Å². The largest absolute Gasteiger partial charge is 0.497 e. The molecule has 1 aromatic rings. The number of rotatable bonds is 5. The van der Waals surface area contributed by atoms with Gasteiger partial charge >= 0.3 is 0 Å². The molecule has 0 radical (unpaired) electrons. The van der Waals surface area contributed by atoms with Crippen molar-refractivity contribution in [1.82, 2.24) is 5.32 Å². The Labute approximate surface area is 97.5 Å². The highest BCUT2D eigenvalue weighted by Crippen LogP contribution is 2.24. The van der Waals surface area contributed by atoms with Crippen molar-refractivity contribution in [1.29, 1.82) is 0 Å². The van der Waals surface area contributed by atoms with E-state index >= 15 is 0 Å². The molecule has 4 heteroatoms. The van der Waals surface area contributed by atoms with Gasteiger partial charge in [-0.15, -0.1) is 0 Å². The van der Waals surface area contributed by atoms with E-state index in [-0.39, 0.29) is 0 Å². The standard InChI is InChI=1S/C12H18BNO2/c1-15-11-6-10(13)12(16-2)5-8(11)7-14-9-3-4-9/h5-6,9,14H,3-4,7,13H2,1-2H3.